The van der Waals surface area contributed by atoms with Crippen molar-refractivity contribution >= 4 is 44.6 Å². The van der Waals surface area contributed by atoms with Crippen molar-refractivity contribution in [3.05, 3.63) is 34.3 Å². The minimum Gasteiger partial charge on any atom is -0.292 e. The maximum absolute atomic E-state index is 12.0. The van der Waals surface area contributed by atoms with Crippen molar-refractivity contribution in [2.75, 3.05) is 12.3 Å². The minimum atomic E-state index is -0.338. The number of halogens is 1. The van der Waals surface area contributed by atoms with Crippen LogP contribution in [-0.4, -0.2) is 34.1 Å². The van der Waals surface area contributed by atoms with Crippen molar-refractivity contribution in [1.29, 1.82) is 0 Å². The smallest absolute Gasteiger partial charge is 0.288 e. The third kappa shape index (κ3) is 3.00. The highest BCUT2D eigenvalue weighted by Gasteiger charge is 2.28. The average Bonchev–Trinajstić information content (AvgIpc) is 2.34. The molecular weight excluding hydrogens is 318 g/mol. The second-order valence-electron chi connectivity index (χ2n) is 3.78. The lowest BCUT2D eigenvalue weighted by molar-refractivity contribution is -0.127. The Labute approximate surface area is 117 Å². The molecule has 18 heavy (non-hydrogen) atoms. The predicted octanol–water partition coefficient (Wildman–Crippen LogP) is 2.72. The Bertz CT molecular complexity index is 502. The minimum absolute atomic E-state index is 0.179. The van der Waals surface area contributed by atoms with E-state index in [1.54, 1.807) is 18.2 Å². The molecule has 0 saturated carbocycles. The van der Waals surface area contributed by atoms with Crippen LogP contribution in [0.1, 0.15) is 16.8 Å². The summed E-state index contributed by atoms with van der Waals surface area (Å²) < 4.78 is 0.791. The molecule has 0 spiro atoms. The molecule has 0 unspecified atom stereocenters. The lowest BCUT2D eigenvalue weighted by Gasteiger charge is -2.23. The van der Waals surface area contributed by atoms with Gasteiger partial charge in [0.25, 0.3) is 5.24 Å². The SMILES string of the molecule is O=C(CN1C(=O)CCSC1=O)c1cccc(Br)c1. The number of thioether (sulfide) groups is 1. The van der Waals surface area contributed by atoms with Gasteiger partial charge < -0.3 is 0 Å². The highest BCUT2D eigenvalue weighted by Crippen LogP contribution is 2.19. The molecule has 0 radical (unpaired) electrons. The van der Waals surface area contributed by atoms with Crippen molar-refractivity contribution in [2.45, 2.75) is 6.42 Å². The second-order valence-corrected chi connectivity index (χ2v) is 5.74. The second kappa shape index (κ2) is 5.67. The topological polar surface area (TPSA) is 54.5 Å². The van der Waals surface area contributed by atoms with E-state index >= 15 is 0 Å². The predicted molar refractivity (Wildman–Crippen MR) is 72.7 cm³/mol. The maximum atomic E-state index is 12.0. The molecule has 1 fully saturated rings. The molecule has 1 heterocycles. The molecule has 6 heteroatoms. The van der Waals surface area contributed by atoms with Gasteiger partial charge in [-0.05, 0) is 12.1 Å². The Morgan fingerprint density at radius 2 is 2.17 bits per heavy atom. The number of imide groups is 1. The fourth-order valence-electron chi connectivity index (χ4n) is 1.59. The van der Waals surface area contributed by atoms with Gasteiger partial charge in [-0.25, -0.2) is 0 Å². The van der Waals surface area contributed by atoms with E-state index in [0.717, 1.165) is 21.1 Å². The fraction of sp³-hybridized carbons (Fsp3) is 0.250. The summed E-state index contributed by atoms with van der Waals surface area (Å²) in [6, 6.07) is 6.89. The van der Waals surface area contributed by atoms with Gasteiger partial charge in [0.2, 0.25) is 5.91 Å². The van der Waals surface area contributed by atoms with Crippen molar-refractivity contribution in [3.63, 3.8) is 0 Å². The first-order valence-corrected chi connectivity index (χ1v) is 7.11. The fourth-order valence-corrected chi connectivity index (χ4v) is 2.76. The van der Waals surface area contributed by atoms with Crippen LogP contribution in [0.15, 0.2) is 28.7 Å². The van der Waals surface area contributed by atoms with Crippen LogP contribution in [0.4, 0.5) is 4.79 Å². The molecule has 1 aromatic carbocycles. The molecule has 0 bridgehead atoms. The van der Waals surface area contributed by atoms with Crippen molar-refractivity contribution in [3.8, 4) is 0 Å². The van der Waals surface area contributed by atoms with Gasteiger partial charge in [0.05, 0.1) is 6.54 Å². The molecule has 0 aliphatic carbocycles. The normalized spacial score (nSPS) is 15.9. The van der Waals surface area contributed by atoms with E-state index in [-0.39, 0.29) is 23.5 Å². The zero-order chi connectivity index (χ0) is 13.1. The third-order valence-corrected chi connectivity index (χ3v) is 3.88. The van der Waals surface area contributed by atoms with Crippen molar-refractivity contribution in [1.82, 2.24) is 4.90 Å². The lowest BCUT2D eigenvalue weighted by atomic mass is 10.1. The van der Waals surface area contributed by atoms with E-state index in [4.69, 9.17) is 0 Å². The molecule has 0 aromatic heterocycles. The summed E-state index contributed by atoms with van der Waals surface area (Å²) in [5.41, 5.74) is 0.487. The van der Waals surface area contributed by atoms with Crippen LogP contribution >= 0.6 is 27.7 Å². The van der Waals surface area contributed by atoms with Gasteiger partial charge in [0.15, 0.2) is 5.78 Å². The molecule has 1 aromatic rings. The Morgan fingerprint density at radius 3 is 2.83 bits per heavy atom. The standard InChI is InChI=1S/C12H10BrNO3S/c13-9-3-1-2-8(6-9)10(15)7-14-11(16)4-5-18-12(14)17/h1-3,6H,4-5,7H2. The van der Waals surface area contributed by atoms with Crippen LogP contribution in [-0.2, 0) is 4.79 Å². The monoisotopic (exact) mass is 327 g/mol. The number of rotatable bonds is 3. The van der Waals surface area contributed by atoms with Gasteiger partial charge in [0, 0.05) is 22.2 Å². The van der Waals surface area contributed by atoms with Crippen molar-refractivity contribution in [2.24, 2.45) is 0 Å². The van der Waals surface area contributed by atoms with E-state index < -0.39 is 0 Å². The van der Waals surface area contributed by atoms with Crippen LogP contribution in [0.3, 0.4) is 0 Å². The molecule has 1 aliphatic rings. The average molecular weight is 328 g/mol. The first-order chi connectivity index (χ1) is 8.58. The molecule has 2 amide bonds. The van der Waals surface area contributed by atoms with E-state index in [2.05, 4.69) is 15.9 Å². The summed E-state index contributed by atoms with van der Waals surface area (Å²) in [6.45, 7) is -0.179. The van der Waals surface area contributed by atoms with E-state index in [9.17, 15) is 14.4 Å². The van der Waals surface area contributed by atoms with Crippen LogP contribution < -0.4 is 0 Å². The summed E-state index contributed by atoms with van der Waals surface area (Å²) in [5.74, 6) is -0.0122. The van der Waals surface area contributed by atoms with E-state index in [1.807, 2.05) is 6.07 Å². The summed E-state index contributed by atoms with van der Waals surface area (Å²) in [7, 11) is 0. The number of hydrogen-bond acceptors (Lipinski definition) is 4. The molecule has 1 saturated heterocycles. The number of benzene rings is 1. The molecule has 4 nitrogen and oxygen atoms in total. The zero-order valence-corrected chi connectivity index (χ0v) is 11.8. The van der Waals surface area contributed by atoms with Crippen LogP contribution in [0.5, 0.6) is 0 Å². The number of amides is 2. The largest absolute Gasteiger partial charge is 0.292 e. The number of carbonyl (C=O) groups is 3. The van der Waals surface area contributed by atoms with Gasteiger partial charge in [-0.2, -0.15) is 0 Å². The molecular formula is C12H10BrNO3S. The highest BCUT2D eigenvalue weighted by atomic mass is 79.9. The van der Waals surface area contributed by atoms with Gasteiger partial charge in [0.1, 0.15) is 0 Å². The first-order valence-electron chi connectivity index (χ1n) is 5.34. The van der Waals surface area contributed by atoms with Gasteiger partial charge >= 0.3 is 0 Å². The van der Waals surface area contributed by atoms with E-state index in [0.29, 0.717) is 17.7 Å². The Hall–Kier alpha value is -1.14. The number of hydrogen-bond donors (Lipinski definition) is 0. The van der Waals surface area contributed by atoms with Gasteiger partial charge in [-0.1, -0.05) is 39.8 Å². The van der Waals surface area contributed by atoms with Gasteiger partial charge in [-0.15, -0.1) is 0 Å². The van der Waals surface area contributed by atoms with E-state index in [1.165, 1.54) is 0 Å². The number of carbonyl (C=O) groups excluding carboxylic acids is 3. The molecule has 0 N–H and O–H groups in total. The Morgan fingerprint density at radius 1 is 1.39 bits per heavy atom. The summed E-state index contributed by atoms with van der Waals surface area (Å²) in [5, 5.41) is -0.338. The molecule has 2 rings (SSSR count). The Kier molecular flexibility index (Phi) is 4.19. The summed E-state index contributed by atoms with van der Waals surface area (Å²) in [6.07, 6.45) is 0.308. The summed E-state index contributed by atoms with van der Waals surface area (Å²) >= 11 is 4.35. The number of ketones is 1. The number of nitrogens with zero attached hydrogens (tertiary/aromatic N) is 1. The van der Waals surface area contributed by atoms with Crippen molar-refractivity contribution < 1.29 is 14.4 Å². The third-order valence-electron chi connectivity index (χ3n) is 2.51. The quantitative estimate of drug-likeness (QED) is 0.801. The van der Waals surface area contributed by atoms with Crippen LogP contribution in [0.2, 0.25) is 0 Å². The molecule has 0 atom stereocenters. The van der Waals surface area contributed by atoms with Gasteiger partial charge in [-0.3, -0.25) is 19.3 Å². The maximum Gasteiger partial charge on any atom is 0.288 e. The molecule has 94 valence electrons. The highest BCUT2D eigenvalue weighted by molar-refractivity contribution is 9.10. The van der Waals surface area contributed by atoms with Crippen LogP contribution in [0.25, 0.3) is 0 Å². The Balaban J connectivity index is 2.11. The lowest BCUT2D eigenvalue weighted by Crippen LogP contribution is -2.41. The first kappa shape index (κ1) is 13.3. The zero-order valence-electron chi connectivity index (χ0n) is 9.39. The van der Waals surface area contributed by atoms with Crippen LogP contribution in [0, 0.1) is 0 Å². The number of Topliss-reactive ketones (excluding diaryl/α,β-unsaturated/α-hetero) is 1. The molecule has 1 aliphatic heterocycles. The summed E-state index contributed by atoms with van der Waals surface area (Å²) in [4.78, 5) is 36.1.